The van der Waals surface area contributed by atoms with Gasteiger partial charge in [0, 0.05) is 25.4 Å². The first-order valence-electron chi connectivity index (χ1n) is 8.63. The fourth-order valence-electron chi connectivity index (χ4n) is 2.91. The Morgan fingerprint density at radius 1 is 1.17 bits per heavy atom. The topological polar surface area (TPSA) is 121 Å². The first kappa shape index (κ1) is 19.1. The zero-order chi connectivity index (χ0) is 20.6. The van der Waals surface area contributed by atoms with Gasteiger partial charge in [0.25, 0.3) is 15.9 Å². The highest BCUT2D eigenvalue weighted by atomic mass is 32.2. The van der Waals surface area contributed by atoms with Crippen LogP contribution in [0.4, 0.5) is 14.5 Å². The normalized spacial score (nSPS) is 14.3. The summed E-state index contributed by atoms with van der Waals surface area (Å²) in [5.74, 6) is -2.37. The number of hydrogen-bond donors (Lipinski definition) is 2. The van der Waals surface area contributed by atoms with Crippen LogP contribution >= 0.6 is 0 Å². The molecule has 0 saturated carbocycles. The Bertz CT molecular complexity index is 1170. The maximum absolute atomic E-state index is 13.7. The maximum Gasteiger partial charge on any atom is 0.311 e. The minimum absolute atomic E-state index is 0.0778. The van der Waals surface area contributed by atoms with Crippen molar-refractivity contribution in [3.8, 4) is 11.6 Å². The molecule has 2 aromatic heterocycles. The molecule has 2 N–H and O–H groups in total. The molecule has 1 amide bonds. The van der Waals surface area contributed by atoms with Crippen LogP contribution in [0.5, 0.6) is 0 Å². The molecule has 0 atom stereocenters. The van der Waals surface area contributed by atoms with E-state index >= 15 is 0 Å². The average Bonchev–Trinajstić information content (AvgIpc) is 3.44. The predicted molar refractivity (Wildman–Crippen MR) is 96.4 cm³/mol. The molecule has 0 unspecified atom stereocenters. The SMILES string of the molecule is O=C(c1nnc(-c2cc(S(=O)(=O)Nc3cc(F)ccc3F)c[nH]2)o1)N1CCCC1. The van der Waals surface area contributed by atoms with Crippen LogP contribution in [0.3, 0.4) is 0 Å². The fourth-order valence-corrected chi connectivity index (χ4v) is 3.96. The number of aromatic nitrogens is 3. The van der Waals surface area contributed by atoms with Gasteiger partial charge < -0.3 is 14.3 Å². The van der Waals surface area contributed by atoms with E-state index in [9.17, 15) is 22.0 Å². The van der Waals surface area contributed by atoms with E-state index in [1.807, 2.05) is 4.72 Å². The number of benzene rings is 1. The molecule has 1 saturated heterocycles. The highest BCUT2D eigenvalue weighted by Gasteiger charge is 2.26. The van der Waals surface area contributed by atoms with Gasteiger partial charge in [-0.1, -0.05) is 0 Å². The van der Waals surface area contributed by atoms with Gasteiger partial charge in [0.2, 0.25) is 0 Å². The van der Waals surface area contributed by atoms with E-state index < -0.39 is 27.3 Å². The molecular formula is C17H15F2N5O4S. The first-order valence-corrected chi connectivity index (χ1v) is 10.1. The first-order chi connectivity index (χ1) is 13.8. The summed E-state index contributed by atoms with van der Waals surface area (Å²) in [6.07, 6.45) is 2.94. The summed E-state index contributed by atoms with van der Waals surface area (Å²) < 4.78 is 59.2. The van der Waals surface area contributed by atoms with Crippen molar-refractivity contribution in [3.63, 3.8) is 0 Å². The number of H-pyrrole nitrogens is 1. The molecule has 0 bridgehead atoms. The van der Waals surface area contributed by atoms with Crippen LogP contribution < -0.4 is 4.72 Å². The predicted octanol–water partition coefficient (Wildman–Crippen LogP) is 2.38. The fraction of sp³-hybridized carbons (Fsp3) is 0.235. The summed E-state index contributed by atoms with van der Waals surface area (Å²) in [6.45, 7) is 1.23. The molecule has 4 rings (SSSR count). The largest absolute Gasteiger partial charge is 0.411 e. The smallest absolute Gasteiger partial charge is 0.311 e. The van der Waals surface area contributed by atoms with Crippen molar-refractivity contribution < 1.29 is 26.4 Å². The van der Waals surface area contributed by atoms with Crippen LogP contribution in [-0.2, 0) is 10.0 Å². The Kier molecular flexibility index (Phi) is 4.78. The highest BCUT2D eigenvalue weighted by Crippen LogP contribution is 2.24. The lowest BCUT2D eigenvalue weighted by Crippen LogP contribution is -2.27. The minimum atomic E-state index is -4.22. The molecule has 12 heteroatoms. The monoisotopic (exact) mass is 423 g/mol. The van der Waals surface area contributed by atoms with E-state index in [-0.39, 0.29) is 28.3 Å². The third kappa shape index (κ3) is 3.83. The van der Waals surface area contributed by atoms with Crippen LogP contribution in [0.15, 0.2) is 39.8 Å². The van der Waals surface area contributed by atoms with Crippen molar-refractivity contribution in [2.24, 2.45) is 0 Å². The second kappa shape index (κ2) is 7.28. The van der Waals surface area contributed by atoms with Crippen LogP contribution in [0.2, 0.25) is 0 Å². The van der Waals surface area contributed by atoms with Gasteiger partial charge >= 0.3 is 11.8 Å². The van der Waals surface area contributed by atoms with Crippen molar-refractivity contribution in [2.75, 3.05) is 17.8 Å². The Hall–Kier alpha value is -3.28. The second-order valence-corrected chi connectivity index (χ2v) is 8.07. The molecule has 0 radical (unpaired) electrons. The van der Waals surface area contributed by atoms with E-state index in [2.05, 4.69) is 15.2 Å². The van der Waals surface area contributed by atoms with Gasteiger partial charge in [-0.2, -0.15) is 0 Å². The van der Waals surface area contributed by atoms with Gasteiger partial charge in [0.15, 0.2) is 0 Å². The quantitative estimate of drug-likeness (QED) is 0.650. The third-order valence-electron chi connectivity index (χ3n) is 4.37. The number of sulfonamides is 1. The standard InChI is InChI=1S/C17H15F2N5O4S/c18-10-3-4-12(19)13(7-10)23-29(26,27)11-8-14(20-9-11)15-21-22-16(28-15)17(25)24-5-1-2-6-24/h3-4,7-9,20,23H,1-2,5-6H2. The number of carbonyl (C=O) groups is 1. The molecular weight excluding hydrogens is 408 g/mol. The molecule has 0 spiro atoms. The molecule has 1 aromatic carbocycles. The summed E-state index contributed by atoms with van der Waals surface area (Å²) in [5.41, 5.74) is -0.373. The van der Waals surface area contributed by atoms with Crippen LogP contribution in [-0.4, -0.2) is 47.5 Å². The van der Waals surface area contributed by atoms with Crippen LogP contribution in [0, 0.1) is 11.6 Å². The molecule has 1 aliphatic heterocycles. The highest BCUT2D eigenvalue weighted by molar-refractivity contribution is 7.92. The molecule has 3 heterocycles. The van der Waals surface area contributed by atoms with Crippen molar-refractivity contribution in [2.45, 2.75) is 17.7 Å². The number of rotatable bonds is 5. The maximum atomic E-state index is 13.7. The number of hydrogen-bond acceptors (Lipinski definition) is 6. The molecule has 3 aromatic rings. The second-order valence-electron chi connectivity index (χ2n) is 6.39. The Morgan fingerprint density at radius 3 is 2.69 bits per heavy atom. The van der Waals surface area contributed by atoms with Gasteiger partial charge in [0.1, 0.15) is 22.2 Å². The molecule has 9 nitrogen and oxygen atoms in total. The van der Waals surface area contributed by atoms with E-state index in [1.54, 1.807) is 4.90 Å². The van der Waals surface area contributed by atoms with Crippen molar-refractivity contribution in [1.29, 1.82) is 0 Å². The Balaban J connectivity index is 1.55. The Morgan fingerprint density at radius 2 is 1.93 bits per heavy atom. The summed E-state index contributed by atoms with van der Waals surface area (Å²) in [5, 5.41) is 7.48. The zero-order valence-electron chi connectivity index (χ0n) is 14.9. The van der Waals surface area contributed by atoms with Gasteiger partial charge in [0.05, 0.1) is 5.69 Å². The molecule has 152 valence electrons. The number of nitrogens with zero attached hydrogens (tertiary/aromatic N) is 3. The minimum Gasteiger partial charge on any atom is -0.411 e. The molecule has 29 heavy (non-hydrogen) atoms. The number of amides is 1. The van der Waals surface area contributed by atoms with Crippen molar-refractivity contribution in [1.82, 2.24) is 20.1 Å². The summed E-state index contributed by atoms with van der Waals surface area (Å²) in [6, 6.07) is 3.59. The van der Waals surface area contributed by atoms with E-state index in [0.717, 1.165) is 37.2 Å². The summed E-state index contributed by atoms with van der Waals surface area (Å²) in [4.78, 5) is 16.3. The molecule has 0 aliphatic carbocycles. The van der Waals surface area contributed by atoms with E-state index in [4.69, 9.17) is 4.42 Å². The van der Waals surface area contributed by atoms with Crippen molar-refractivity contribution >= 4 is 21.6 Å². The number of nitrogens with one attached hydrogen (secondary N) is 2. The zero-order valence-corrected chi connectivity index (χ0v) is 15.7. The van der Waals surface area contributed by atoms with Crippen LogP contribution in [0.1, 0.15) is 23.5 Å². The number of halogens is 2. The number of aromatic amines is 1. The Labute approximate surface area is 163 Å². The van der Waals surface area contributed by atoms with Gasteiger partial charge in [-0.05, 0) is 31.0 Å². The van der Waals surface area contributed by atoms with Crippen LogP contribution in [0.25, 0.3) is 11.6 Å². The van der Waals surface area contributed by atoms with Crippen molar-refractivity contribution in [3.05, 3.63) is 48.0 Å². The number of anilines is 1. The summed E-state index contributed by atoms with van der Waals surface area (Å²) >= 11 is 0. The lowest BCUT2D eigenvalue weighted by atomic mass is 10.3. The lowest BCUT2D eigenvalue weighted by Gasteiger charge is -2.11. The summed E-state index contributed by atoms with van der Waals surface area (Å²) in [7, 11) is -4.22. The van der Waals surface area contributed by atoms with E-state index in [0.29, 0.717) is 13.1 Å². The van der Waals surface area contributed by atoms with Gasteiger partial charge in [-0.25, -0.2) is 17.2 Å². The van der Waals surface area contributed by atoms with Gasteiger partial charge in [-0.3, -0.25) is 9.52 Å². The number of carbonyl (C=O) groups excluding carboxylic acids is 1. The number of likely N-dealkylation sites (tertiary alicyclic amines) is 1. The average molecular weight is 423 g/mol. The third-order valence-corrected chi connectivity index (χ3v) is 5.72. The molecule has 1 fully saturated rings. The lowest BCUT2D eigenvalue weighted by molar-refractivity contribution is 0.0754. The van der Waals surface area contributed by atoms with Gasteiger partial charge in [-0.15, -0.1) is 10.2 Å². The van der Waals surface area contributed by atoms with E-state index in [1.165, 1.54) is 6.07 Å². The molecule has 1 aliphatic rings.